The zero-order valence-corrected chi connectivity index (χ0v) is 18.9. The molecule has 0 amide bonds. The highest BCUT2D eigenvalue weighted by atomic mass is 16.5. The number of ether oxygens (including phenoxy) is 6. The summed E-state index contributed by atoms with van der Waals surface area (Å²) >= 11 is 0. The van der Waals surface area contributed by atoms with Crippen molar-refractivity contribution in [2.45, 2.75) is 0 Å². The average Bonchev–Trinajstić information content (AvgIpc) is 2.86. The first-order valence-electron chi connectivity index (χ1n) is 10.1. The summed E-state index contributed by atoms with van der Waals surface area (Å²) < 4.78 is 33.7. The molecule has 0 fully saturated rings. The fraction of sp³-hybridized carbons (Fsp3) is 0.231. The second-order valence-corrected chi connectivity index (χ2v) is 7.15. The maximum Gasteiger partial charge on any atom is 0.164 e. The van der Waals surface area contributed by atoms with Gasteiger partial charge in [-0.05, 0) is 41.5 Å². The molecule has 6 heteroatoms. The number of methoxy groups -OCH3 is 5. The molecule has 0 unspecified atom stereocenters. The van der Waals surface area contributed by atoms with Gasteiger partial charge in [-0.15, -0.1) is 0 Å². The maximum atomic E-state index is 6.17. The quantitative estimate of drug-likeness (QED) is 0.517. The van der Waals surface area contributed by atoms with Crippen LogP contribution in [0.25, 0.3) is 11.1 Å². The molecular weight excluding hydrogens is 408 g/mol. The molecule has 1 aliphatic heterocycles. The van der Waals surface area contributed by atoms with Crippen molar-refractivity contribution in [1.82, 2.24) is 0 Å². The van der Waals surface area contributed by atoms with Crippen molar-refractivity contribution in [1.29, 1.82) is 0 Å². The van der Waals surface area contributed by atoms with Crippen LogP contribution in [0.2, 0.25) is 0 Å². The van der Waals surface area contributed by atoms with Crippen LogP contribution in [0.5, 0.6) is 34.5 Å². The highest BCUT2D eigenvalue weighted by Crippen LogP contribution is 2.47. The molecule has 0 saturated heterocycles. The summed E-state index contributed by atoms with van der Waals surface area (Å²) in [6, 6.07) is 17.6. The highest BCUT2D eigenvalue weighted by Gasteiger charge is 2.26. The Morgan fingerprint density at radius 1 is 0.625 bits per heavy atom. The normalized spacial score (nSPS) is 12.5. The Labute approximate surface area is 187 Å². The topological polar surface area (TPSA) is 55.4 Å². The third-order valence-electron chi connectivity index (χ3n) is 5.52. The summed E-state index contributed by atoms with van der Waals surface area (Å²) in [5.41, 5.74) is 4.92. The zero-order valence-electron chi connectivity index (χ0n) is 18.9. The fourth-order valence-electron chi connectivity index (χ4n) is 3.92. The highest BCUT2D eigenvalue weighted by molar-refractivity contribution is 6.02. The largest absolute Gasteiger partial charge is 0.497 e. The second-order valence-electron chi connectivity index (χ2n) is 7.15. The van der Waals surface area contributed by atoms with E-state index < -0.39 is 0 Å². The first-order chi connectivity index (χ1) is 15.6. The minimum atomic E-state index is 0.388. The summed E-state index contributed by atoms with van der Waals surface area (Å²) in [4.78, 5) is 0. The lowest BCUT2D eigenvalue weighted by molar-refractivity contribution is 0.339. The summed E-state index contributed by atoms with van der Waals surface area (Å²) in [6.07, 6.45) is 0. The van der Waals surface area contributed by atoms with Gasteiger partial charge in [-0.25, -0.2) is 0 Å². The summed E-state index contributed by atoms with van der Waals surface area (Å²) in [6.45, 7) is 0.388. The van der Waals surface area contributed by atoms with Crippen molar-refractivity contribution in [3.05, 3.63) is 71.3 Å². The van der Waals surface area contributed by atoms with E-state index in [1.165, 1.54) is 0 Å². The van der Waals surface area contributed by atoms with Gasteiger partial charge < -0.3 is 28.4 Å². The minimum absolute atomic E-state index is 0.388. The van der Waals surface area contributed by atoms with E-state index in [4.69, 9.17) is 28.4 Å². The van der Waals surface area contributed by atoms with Crippen LogP contribution < -0.4 is 28.4 Å². The lowest BCUT2D eigenvalue weighted by Crippen LogP contribution is -2.12. The smallest absolute Gasteiger partial charge is 0.164 e. The number of hydrogen-bond acceptors (Lipinski definition) is 6. The minimum Gasteiger partial charge on any atom is -0.497 e. The Morgan fingerprint density at radius 3 is 2.00 bits per heavy atom. The van der Waals surface area contributed by atoms with Crippen LogP contribution in [0.3, 0.4) is 0 Å². The van der Waals surface area contributed by atoms with Crippen molar-refractivity contribution in [2.24, 2.45) is 0 Å². The number of benzene rings is 3. The average molecular weight is 434 g/mol. The van der Waals surface area contributed by atoms with Gasteiger partial charge in [0.25, 0.3) is 0 Å². The Morgan fingerprint density at radius 2 is 1.31 bits per heavy atom. The molecule has 1 heterocycles. The van der Waals surface area contributed by atoms with Gasteiger partial charge >= 0.3 is 0 Å². The molecule has 6 nitrogen and oxygen atoms in total. The molecule has 0 aromatic heterocycles. The lowest BCUT2D eigenvalue weighted by atomic mass is 9.87. The molecular formula is C26H26O6. The molecule has 166 valence electrons. The van der Waals surface area contributed by atoms with Crippen LogP contribution >= 0.6 is 0 Å². The molecule has 0 atom stereocenters. The Kier molecular flexibility index (Phi) is 6.12. The van der Waals surface area contributed by atoms with Crippen LogP contribution in [0.1, 0.15) is 16.7 Å². The second kappa shape index (κ2) is 9.14. The molecule has 3 aromatic rings. The van der Waals surface area contributed by atoms with E-state index in [0.29, 0.717) is 29.6 Å². The van der Waals surface area contributed by atoms with E-state index in [9.17, 15) is 0 Å². The molecule has 0 bridgehead atoms. The molecule has 3 aromatic carbocycles. The van der Waals surface area contributed by atoms with E-state index in [1.54, 1.807) is 35.5 Å². The molecule has 0 saturated carbocycles. The van der Waals surface area contributed by atoms with Gasteiger partial charge in [-0.2, -0.15) is 0 Å². The van der Waals surface area contributed by atoms with E-state index in [2.05, 4.69) is 0 Å². The summed E-state index contributed by atoms with van der Waals surface area (Å²) in [5.74, 6) is 4.05. The Bertz CT molecular complexity index is 1160. The maximum absolute atomic E-state index is 6.17. The van der Waals surface area contributed by atoms with Crippen molar-refractivity contribution in [3.63, 3.8) is 0 Å². The van der Waals surface area contributed by atoms with Crippen LogP contribution in [0.4, 0.5) is 0 Å². The summed E-state index contributed by atoms with van der Waals surface area (Å²) in [7, 11) is 8.15. The molecule has 1 aliphatic rings. The van der Waals surface area contributed by atoms with Gasteiger partial charge in [-0.3, -0.25) is 0 Å². The Hall–Kier alpha value is -3.80. The van der Waals surface area contributed by atoms with Crippen LogP contribution in [-0.2, 0) is 0 Å². The zero-order chi connectivity index (χ0) is 22.7. The fourth-order valence-corrected chi connectivity index (χ4v) is 3.92. The lowest BCUT2D eigenvalue weighted by Gasteiger charge is -2.26. The van der Waals surface area contributed by atoms with Crippen molar-refractivity contribution >= 4 is 11.1 Å². The first kappa shape index (κ1) is 21.4. The number of hydrogen-bond donors (Lipinski definition) is 0. The molecule has 0 aliphatic carbocycles. The van der Waals surface area contributed by atoms with E-state index in [1.807, 2.05) is 54.6 Å². The number of fused-ring (bicyclic) bond motifs is 1. The van der Waals surface area contributed by atoms with Gasteiger partial charge in [0, 0.05) is 22.8 Å². The van der Waals surface area contributed by atoms with E-state index >= 15 is 0 Å². The predicted octanol–water partition coefficient (Wildman–Crippen LogP) is 5.08. The van der Waals surface area contributed by atoms with Crippen molar-refractivity contribution in [2.75, 3.05) is 42.2 Å². The SMILES string of the molecule is COc1cccc(C2=C(c3ccc(OC)c(OC)c3)c3cc(OC)c(OC)cc3OC2)c1. The van der Waals surface area contributed by atoms with Gasteiger partial charge in [0.15, 0.2) is 23.0 Å². The van der Waals surface area contributed by atoms with Gasteiger partial charge in [-0.1, -0.05) is 18.2 Å². The number of rotatable bonds is 7. The molecule has 32 heavy (non-hydrogen) atoms. The standard InChI is InChI=1S/C26H26O6/c1-27-18-8-6-7-16(11-18)20-15-32-22-14-25(31-5)24(30-4)13-19(22)26(20)17-9-10-21(28-2)23(12-17)29-3/h6-14H,15H2,1-5H3. The van der Waals surface area contributed by atoms with Crippen molar-refractivity contribution < 1.29 is 28.4 Å². The molecule has 4 rings (SSSR count). The predicted molar refractivity (Wildman–Crippen MR) is 123 cm³/mol. The monoisotopic (exact) mass is 434 g/mol. The van der Waals surface area contributed by atoms with Crippen molar-refractivity contribution in [3.8, 4) is 34.5 Å². The molecule has 0 radical (unpaired) electrons. The van der Waals surface area contributed by atoms with Crippen LogP contribution in [0, 0.1) is 0 Å². The van der Waals surface area contributed by atoms with Gasteiger partial charge in [0.2, 0.25) is 0 Å². The summed E-state index contributed by atoms with van der Waals surface area (Å²) in [5, 5.41) is 0. The van der Waals surface area contributed by atoms with E-state index in [-0.39, 0.29) is 0 Å². The Balaban J connectivity index is 2.01. The first-order valence-corrected chi connectivity index (χ1v) is 10.1. The van der Waals surface area contributed by atoms with Gasteiger partial charge in [0.05, 0.1) is 35.5 Å². The van der Waals surface area contributed by atoms with Gasteiger partial charge in [0.1, 0.15) is 18.1 Å². The third kappa shape index (κ3) is 3.80. The third-order valence-corrected chi connectivity index (χ3v) is 5.52. The van der Waals surface area contributed by atoms with Crippen LogP contribution in [0.15, 0.2) is 54.6 Å². The van der Waals surface area contributed by atoms with Crippen LogP contribution in [-0.4, -0.2) is 42.2 Å². The van der Waals surface area contributed by atoms with E-state index in [0.717, 1.165) is 39.3 Å². The molecule has 0 spiro atoms. The molecule has 0 N–H and O–H groups in total.